The molecule has 0 fully saturated rings. The van der Waals surface area contributed by atoms with Crippen LogP contribution < -0.4 is 9.47 Å². The van der Waals surface area contributed by atoms with Crippen molar-refractivity contribution in [2.75, 3.05) is 6.61 Å². The highest BCUT2D eigenvalue weighted by molar-refractivity contribution is 5.75. The van der Waals surface area contributed by atoms with Gasteiger partial charge in [-0.2, -0.15) is 0 Å². The summed E-state index contributed by atoms with van der Waals surface area (Å²) in [6, 6.07) is 17.3. The second-order valence-corrected chi connectivity index (χ2v) is 6.28. The third-order valence-electron chi connectivity index (χ3n) is 3.54. The lowest BCUT2D eigenvalue weighted by molar-refractivity contribution is -0.153. The van der Waals surface area contributed by atoms with Crippen molar-refractivity contribution in [2.45, 2.75) is 39.9 Å². The summed E-state index contributed by atoms with van der Waals surface area (Å²) >= 11 is 0. The average molecular weight is 342 g/mol. The molecule has 0 amide bonds. The quantitative estimate of drug-likeness (QED) is 0.624. The second-order valence-electron chi connectivity index (χ2n) is 6.28. The zero-order valence-corrected chi connectivity index (χ0v) is 15.1. The normalized spacial score (nSPS) is 11.8. The molecule has 4 heteroatoms. The number of ether oxygens (including phenoxy) is 3. The van der Waals surface area contributed by atoms with Gasteiger partial charge >= 0.3 is 5.97 Å². The molecule has 0 aliphatic heterocycles. The van der Waals surface area contributed by atoms with Crippen LogP contribution in [-0.4, -0.2) is 18.7 Å². The van der Waals surface area contributed by atoms with E-state index in [1.807, 2.05) is 63.2 Å². The number of rotatable bonds is 9. The van der Waals surface area contributed by atoms with Crippen LogP contribution in [0.25, 0.3) is 0 Å². The van der Waals surface area contributed by atoms with E-state index in [0.717, 1.165) is 11.3 Å². The van der Waals surface area contributed by atoms with Gasteiger partial charge in [-0.1, -0.05) is 51.1 Å². The van der Waals surface area contributed by atoms with Crippen molar-refractivity contribution in [3.8, 4) is 11.5 Å². The Morgan fingerprint density at radius 3 is 2.20 bits per heavy atom. The molecule has 1 atom stereocenters. The number of carbonyl (C=O) groups excluding carboxylic acids is 1. The minimum absolute atomic E-state index is 0.308. The Balaban J connectivity index is 1.86. The maximum Gasteiger partial charge on any atom is 0.347 e. The zero-order chi connectivity index (χ0) is 18.1. The van der Waals surface area contributed by atoms with Crippen LogP contribution in [0.15, 0.2) is 54.6 Å². The molecule has 0 saturated heterocycles. The van der Waals surface area contributed by atoms with Crippen molar-refractivity contribution < 1.29 is 19.0 Å². The highest BCUT2D eigenvalue weighted by Gasteiger charge is 2.20. The molecule has 0 aliphatic carbocycles. The van der Waals surface area contributed by atoms with Gasteiger partial charge in [0.1, 0.15) is 18.1 Å². The second kappa shape index (κ2) is 9.72. The first-order valence-corrected chi connectivity index (χ1v) is 8.68. The van der Waals surface area contributed by atoms with Gasteiger partial charge < -0.3 is 14.2 Å². The summed E-state index contributed by atoms with van der Waals surface area (Å²) in [5, 5.41) is 0. The number of hydrogen-bond acceptors (Lipinski definition) is 4. The van der Waals surface area contributed by atoms with Gasteiger partial charge in [0.05, 0.1) is 6.61 Å². The summed E-state index contributed by atoms with van der Waals surface area (Å²) in [4.78, 5) is 12.0. The van der Waals surface area contributed by atoms with E-state index < -0.39 is 6.10 Å². The van der Waals surface area contributed by atoms with E-state index >= 15 is 0 Å². The molecule has 2 aromatic carbocycles. The van der Waals surface area contributed by atoms with Gasteiger partial charge in [-0.25, -0.2) is 4.79 Å². The monoisotopic (exact) mass is 342 g/mol. The molecule has 0 spiro atoms. The number of hydrogen-bond donors (Lipinski definition) is 0. The Kier molecular flexibility index (Phi) is 7.33. The Morgan fingerprint density at radius 1 is 0.960 bits per heavy atom. The molecule has 0 aromatic heterocycles. The number of carbonyl (C=O) groups is 1. The molecule has 0 saturated carbocycles. The Labute approximate surface area is 149 Å². The van der Waals surface area contributed by atoms with Gasteiger partial charge in [-0.15, -0.1) is 0 Å². The van der Waals surface area contributed by atoms with Gasteiger partial charge in [-0.05, 0) is 42.2 Å². The summed E-state index contributed by atoms with van der Waals surface area (Å²) in [6.07, 6.45) is -0.0294. The fraction of sp³-hybridized carbons (Fsp3) is 0.381. The predicted molar refractivity (Wildman–Crippen MR) is 97.7 cm³/mol. The van der Waals surface area contributed by atoms with E-state index in [2.05, 4.69) is 0 Å². The fourth-order valence-electron chi connectivity index (χ4n) is 2.16. The van der Waals surface area contributed by atoms with E-state index in [4.69, 9.17) is 14.2 Å². The SMILES string of the molecule is CCC(Oc1ccc(OCc2ccccc2)cc1)C(=O)OCC(C)C. The largest absolute Gasteiger partial charge is 0.489 e. The highest BCUT2D eigenvalue weighted by Crippen LogP contribution is 2.20. The van der Waals surface area contributed by atoms with Crippen molar-refractivity contribution in [1.82, 2.24) is 0 Å². The topological polar surface area (TPSA) is 44.8 Å². The smallest absolute Gasteiger partial charge is 0.347 e. The standard InChI is InChI=1S/C21H26O4/c1-4-20(21(22)24-14-16(2)3)25-19-12-10-18(11-13-19)23-15-17-8-6-5-7-9-17/h5-13,16,20H,4,14-15H2,1-3H3. The summed E-state index contributed by atoms with van der Waals surface area (Å²) < 4.78 is 16.7. The van der Waals surface area contributed by atoms with Crippen molar-refractivity contribution in [1.29, 1.82) is 0 Å². The van der Waals surface area contributed by atoms with Crippen LogP contribution in [0, 0.1) is 5.92 Å². The van der Waals surface area contributed by atoms with Crippen LogP contribution >= 0.6 is 0 Å². The molecule has 0 aliphatic rings. The predicted octanol–water partition coefficient (Wildman–Crippen LogP) is 4.62. The van der Waals surface area contributed by atoms with Crippen molar-refractivity contribution in [3.63, 3.8) is 0 Å². The minimum Gasteiger partial charge on any atom is -0.489 e. The number of benzene rings is 2. The van der Waals surface area contributed by atoms with Crippen LogP contribution in [0.1, 0.15) is 32.8 Å². The average Bonchev–Trinajstić information content (AvgIpc) is 2.64. The first-order valence-electron chi connectivity index (χ1n) is 8.68. The molecule has 2 aromatic rings. The van der Waals surface area contributed by atoms with Crippen LogP contribution in [0.2, 0.25) is 0 Å². The van der Waals surface area contributed by atoms with E-state index in [-0.39, 0.29) is 5.97 Å². The molecule has 0 bridgehead atoms. The summed E-state index contributed by atoms with van der Waals surface area (Å²) in [7, 11) is 0. The molecule has 25 heavy (non-hydrogen) atoms. The first-order chi connectivity index (χ1) is 12.1. The lowest BCUT2D eigenvalue weighted by Crippen LogP contribution is -2.29. The van der Waals surface area contributed by atoms with Gasteiger partial charge in [0.25, 0.3) is 0 Å². The molecule has 134 valence electrons. The third-order valence-corrected chi connectivity index (χ3v) is 3.54. The molecule has 0 heterocycles. The van der Waals surface area contributed by atoms with Crippen LogP contribution in [0.5, 0.6) is 11.5 Å². The highest BCUT2D eigenvalue weighted by atomic mass is 16.6. The maximum atomic E-state index is 12.0. The van der Waals surface area contributed by atoms with Crippen LogP contribution in [0.3, 0.4) is 0 Å². The lowest BCUT2D eigenvalue weighted by atomic mass is 10.2. The molecular weight excluding hydrogens is 316 g/mol. The van der Waals surface area contributed by atoms with Gasteiger partial charge in [0.15, 0.2) is 6.10 Å². The molecule has 0 N–H and O–H groups in total. The Bertz CT molecular complexity index is 635. The molecular formula is C21H26O4. The van der Waals surface area contributed by atoms with Gasteiger partial charge in [0.2, 0.25) is 0 Å². The Morgan fingerprint density at radius 2 is 1.60 bits per heavy atom. The Hall–Kier alpha value is -2.49. The van der Waals surface area contributed by atoms with Crippen LogP contribution in [0.4, 0.5) is 0 Å². The van der Waals surface area contributed by atoms with Crippen molar-refractivity contribution in [3.05, 3.63) is 60.2 Å². The molecule has 0 radical (unpaired) electrons. The first kappa shape index (κ1) is 18.8. The van der Waals surface area contributed by atoms with Crippen molar-refractivity contribution >= 4 is 5.97 Å². The molecule has 1 unspecified atom stereocenters. The van der Waals surface area contributed by atoms with E-state index in [0.29, 0.717) is 31.3 Å². The van der Waals surface area contributed by atoms with E-state index in [9.17, 15) is 4.79 Å². The maximum absolute atomic E-state index is 12.0. The molecule has 4 nitrogen and oxygen atoms in total. The summed E-state index contributed by atoms with van der Waals surface area (Å²) in [5.74, 6) is 1.37. The molecule has 2 rings (SSSR count). The fourth-order valence-corrected chi connectivity index (χ4v) is 2.16. The van der Waals surface area contributed by atoms with E-state index in [1.165, 1.54) is 0 Å². The summed E-state index contributed by atoms with van der Waals surface area (Å²) in [5.41, 5.74) is 1.11. The minimum atomic E-state index is -0.588. The van der Waals surface area contributed by atoms with Gasteiger partial charge in [0, 0.05) is 0 Å². The lowest BCUT2D eigenvalue weighted by Gasteiger charge is -2.17. The number of esters is 1. The van der Waals surface area contributed by atoms with Gasteiger partial charge in [-0.3, -0.25) is 0 Å². The van der Waals surface area contributed by atoms with E-state index in [1.54, 1.807) is 12.1 Å². The zero-order valence-electron chi connectivity index (χ0n) is 15.1. The van der Waals surface area contributed by atoms with Crippen molar-refractivity contribution in [2.24, 2.45) is 5.92 Å². The summed E-state index contributed by atoms with van der Waals surface area (Å²) in [6.45, 7) is 6.83. The van der Waals surface area contributed by atoms with Crippen LogP contribution in [-0.2, 0) is 16.1 Å². The third kappa shape index (κ3) is 6.49.